The van der Waals surface area contributed by atoms with E-state index >= 15 is 0 Å². The Morgan fingerprint density at radius 2 is 1.95 bits per heavy atom. The van der Waals surface area contributed by atoms with Gasteiger partial charge in [-0.25, -0.2) is 0 Å². The molecule has 7 heteroatoms. The molecule has 1 amide bonds. The van der Waals surface area contributed by atoms with Gasteiger partial charge in [0.25, 0.3) is 5.91 Å². The smallest absolute Gasteiger partial charge is 0.258 e. The van der Waals surface area contributed by atoms with Gasteiger partial charge in [-0.3, -0.25) is 15.2 Å². The third-order valence-electron chi connectivity index (χ3n) is 2.92. The van der Waals surface area contributed by atoms with Crippen LogP contribution in [-0.2, 0) is 0 Å². The van der Waals surface area contributed by atoms with Crippen LogP contribution in [0.4, 0.5) is 5.95 Å². The number of aromatic nitrogens is 3. The molecule has 3 aromatic rings. The molecule has 0 atom stereocenters. The molecule has 5 nitrogen and oxygen atoms in total. The van der Waals surface area contributed by atoms with Crippen LogP contribution in [0.3, 0.4) is 0 Å². The van der Waals surface area contributed by atoms with Gasteiger partial charge in [0.05, 0.1) is 0 Å². The molecule has 0 aliphatic heterocycles. The van der Waals surface area contributed by atoms with Crippen LogP contribution in [0.25, 0.3) is 11.4 Å². The van der Waals surface area contributed by atoms with Gasteiger partial charge in [0.2, 0.25) is 5.95 Å². The van der Waals surface area contributed by atoms with E-state index in [0.29, 0.717) is 16.4 Å². The minimum Gasteiger partial charge on any atom is -0.289 e. The number of amides is 1. The van der Waals surface area contributed by atoms with Crippen molar-refractivity contribution in [3.8, 4) is 11.4 Å². The molecule has 0 aliphatic carbocycles. The number of benzene rings is 2. The van der Waals surface area contributed by atoms with Crippen molar-refractivity contribution in [2.75, 3.05) is 5.32 Å². The minimum absolute atomic E-state index is 0.218. The number of hydrogen-bond acceptors (Lipinski definition) is 3. The average molecular weight is 378 g/mol. The van der Waals surface area contributed by atoms with Crippen LogP contribution >= 0.6 is 27.5 Å². The molecule has 3 rings (SSSR count). The number of rotatable bonds is 3. The molecule has 0 radical (unpaired) electrons. The van der Waals surface area contributed by atoms with Crippen LogP contribution in [-0.4, -0.2) is 21.1 Å². The summed E-state index contributed by atoms with van der Waals surface area (Å²) in [5.74, 6) is 0.499. The molecule has 0 spiro atoms. The fourth-order valence-electron chi connectivity index (χ4n) is 1.86. The molecular weight excluding hydrogens is 368 g/mol. The van der Waals surface area contributed by atoms with Gasteiger partial charge >= 0.3 is 0 Å². The van der Waals surface area contributed by atoms with Gasteiger partial charge in [0.1, 0.15) is 0 Å². The number of hydrogen-bond donors (Lipinski definition) is 2. The number of carbonyl (C=O) groups excluding carboxylic acids is 1. The van der Waals surface area contributed by atoms with Crippen molar-refractivity contribution < 1.29 is 4.79 Å². The molecule has 2 N–H and O–H groups in total. The van der Waals surface area contributed by atoms with Crippen LogP contribution in [0.15, 0.2) is 53.0 Å². The van der Waals surface area contributed by atoms with Crippen molar-refractivity contribution in [1.29, 1.82) is 0 Å². The van der Waals surface area contributed by atoms with E-state index in [1.165, 1.54) is 0 Å². The lowest BCUT2D eigenvalue weighted by Crippen LogP contribution is -2.12. The Bertz CT molecular complexity index is 816. The summed E-state index contributed by atoms with van der Waals surface area (Å²) in [5, 5.41) is 10.0. The van der Waals surface area contributed by atoms with Crippen LogP contribution in [0.1, 0.15) is 10.4 Å². The van der Waals surface area contributed by atoms with Crippen molar-refractivity contribution in [2.24, 2.45) is 0 Å². The number of H-pyrrole nitrogens is 1. The Labute approximate surface area is 139 Å². The Morgan fingerprint density at radius 3 is 2.68 bits per heavy atom. The van der Waals surface area contributed by atoms with E-state index in [0.717, 1.165) is 10.0 Å². The lowest BCUT2D eigenvalue weighted by atomic mass is 10.2. The molecule has 1 aromatic heterocycles. The highest BCUT2D eigenvalue weighted by molar-refractivity contribution is 9.10. The number of nitrogens with one attached hydrogen (secondary N) is 2. The Morgan fingerprint density at radius 1 is 1.18 bits per heavy atom. The fourth-order valence-corrected chi connectivity index (χ4v) is 2.38. The molecule has 22 heavy (non-hydrogen) atoms. The van der Waals surface area contributed by atoms with E-state index in [9.17, 15) is 4.79 Å². The lowest BCUT2D eigenvalue weighted by Gasteiger charge is -2.00. The SMILES string of the molecule is O=C(Nc1n[nH]c(-c2cccc(Br)c2)n1)c1ccc(Cl)cc1. The van der Waals surface area contributed by atoms with E-state index in [-0.39, 0.29) is 11.9 Å². The molecule has 1 heterocycles. The maximum Gasteiger partial charge on any atom is 0.258 e. The van der Waals surface area contributed by atoms with Gasteiger partial charge in [-0.1, -0.05) is 39.7 Å². The molecule has 0 saturated carbocycles. The summed E-state index contributed by atoms with van der Waals surface area (Å²) in [6.45, 7) is 0. The number of nitrogens with zero attached hydrogens (tertiary/aromatic N) is 2. The number of halogens is 2. The summed E-state index contributed by atoms with van der Waals surface area (Å²) in [5.41, 5.74) is 1.35. The highest BCUT2D eigenvalue weighted by atomic mass is 79.9. The maximum absolute atomic E-state index is 12.1. The van der Waals surface area contributed by atoms with Gasteiger partial charge in [-0.15, -0.1) is 5.10 Å². The molecule has 2 aromatic carbocycles. The highest BCUT2D eigenvalue weighted by Crippen LogP contribution is 2.20. The first-order valence-electron chi connectivity index (χ1n) is 6.37. The van der Waals surface area contributed by atoms with Gasteiger partial charge < -0.3 is 0 Å². The number of anilines is 1. The Kier molecular flexibility index (Phi) is 4.22. The monoisotopic (exact) mass is 376 g/mol. The van der Waals surface area contributed by atoms with Gasteiger partial charge in [-0.2, -0.15) is 4.98 Å². The zero-order valence-electron chi connectivity index (χ0n) is 11.2. The second-order valence-corrected chi connectivity index (χ2v) is 5.83. The normalized spacial score (nSPS) is 10.5. The van der Waals surface area contributed by atoms with Crippen LogP contribution in [0.2, 0.25) is 5.02 Å². The van der Waals surface area contributed by atoms with E-state index in [1.54, 1.807) is 24.3 Å². The molecule has 110 valence electrons. The summed E-state index contributed by atoms with van der Waals surface area (Å²) in [7, 11) is 0. The Balaban J connectivity index is 1.77. The predicted molar refractivity (Wildman–Crippen MR) is 88.9 cm³/mol. The standard InChI is InChI=1S/C15H10BrClN4O/c16-11-3-1-2-10(8-11)13-18-15(21-20-13)19-14(22)9-4-6-12(17)7-5-9/h1-8H,(H2,18,19,20,21,22). The van der Waals surface area contributed by atoms with Crippen molar-refractivity contribution in [3.63, 3.8) is 0 Å². The summed E-state index contributed by atoms with van der Waals surface area (Å²) in [6, 6.07) is 14.2. The Hall–Kier alpha value is -2.18. The van der Waals surface area contributed by atoms with Gasteiger partial charge in [0.15, 0.2) is 5.82 Å². The molecule has 0 saturated heterocycles. The third kappa shape index (κ3) is 3.35. The summed E-state index contributed by atoms with van der Waals surface area (Å²) >= 11 is 9.20. The van der Waals surface area contributed by atoms with Crippen LogP contribution < -0.4 is 5.32 Å². The summed E-state index contributed by atoms with van der Waals surface area (Å²) in [6.07, 6.45) is 0. The van der Waals surface area contributed by atoms with E-state index < -0.39 is 0 Å². The van der Waals surface area contributed by atoms with E-state index in [4.69, 9.17) is 11.6 Å². The first-order valence-corrected chi connectivity index (χ1v) is 7.54. The van der Waals surface area contributed by atoms with Crippen LogP contribution in [0.5, 0.6) is 0 Å². The fraction of sp³-hybridized carbons (Fsp3) is 0. The van der Waals surface area contributed by atoms with Gasteiger partial charge in [-0.05, 0) is 36.4 Å². The van der Waals surface area contributed by atoms with Crippen molar-refractivity contribution in [3.05, 3.63) is 63.6 Å². The second-order valence-electron chi connectivity index (χ2n) is 4.48. The topological polar surface area (TPSA) is 70.7 Å². The lowest BCUT2D eigenvalue weighted by molar-refractivity contribution is 0.102. The molecule has 0 unspecified atom stereocenters. The second kappa shape index (κ2) is 6.29. The molecule has 0 bridgehead atoms. The van der Waals surface area contributed by atoms with Gasteiger partial charge in [0, 0.05) is 20.6 Å². The zero-order chi connectivity index (χ0) is 15.5. The van der Waals surface area contributed by atoms with Crippen molar-refractivity contribution >= 4 is 39.4 Å². The van der Waals surface area contributed by atoms with Crippen LogP contribution in [0, 0.1) is 0 Å². The zero-order valence-corrected chi connectivity index (χ0v) is 13.5. The first kappa shape index (κ1) is 14.7. The summed E-state index contributed by atoms with van der Waals surface area (Å²) in [4.78, 5) is 16.3. The highest BCUT2D eigenvalue weighted by Gasteiger charge is 2.10. The largest absolute Gasteiger partial charge is 0.289 e. The van der Waals surface area contributed by atoms with Crippen molar-refractivity contribution in [2.45, 2.75) is 0 Å². The average Bonchev–Trinajstić information content (AvgIpc) is 2.96. The third-order valence-corrected chi connectivity index (χ3v) is 3.66. The molecule has 0 aliphatic rings. The maximum atomic E-state index is 12.1. The van der Waals surface area contributed by atoms with E-state index in [1.807, 2.05) is 24.3 Å². The molecular formula is C15H10BrClN4O. The summed E-state index contributed by atoms with van der Waals surface area (Å²) < 4.78 is 0.938. The number of aromatic amines is 1. The van der Waals surface area contributed by atoms with Crippen molar-refractivity contribution in [1.82, 2.24) is 15.2 Å². The number of carbonyl (C=O) groups is 1. The quantitative estimate of drug-likeness (QED) is 0.720. The minimum atomic E-state index is -0.295. The molecule has 0 fully saturated rings. The van der Waals surface area contributed by atoms with E-state index in [2.05, 4.69) is 36.4 Å². The first-order chi connectivity index (χ1) is 10.6. The predicted octanol–water partition coefficient (Wildman–Crippen LogP) is 4.14.